The van der Waals surface area contributed by atoms with Crippen molar-refractivity contribution in [2.24, 2.45) is 0 Å². The lowest BCUT2D eigenvalue weighted by atomic mass is 10.1. The van der Waals surface area contributed by atoms with Gasteiger partial charge in [-0.15, -0.1) is 0 Å². The van der Waals surface area contributed by atoms with Gasteiger partial charge in [-0.05, 0) is 38.1 Å². The summed E-state index contributed by atoms with van der Waals surface area (Å²) in [5, 5.41) is 5.74. The lowest BCUT2D eigenvalue weighted by Crippen LogP contribution is -2.14. The summed E-state index contributed by atoms with van der Waals surface area (Å²) in [5.74, 6) is 0.00207. The zero-order valence-corrected chi connectivity index (χ0v) is 11.4. The van der Waals surface area contributed by atoms with Crippen molar-refractivity contribution in [1.82, 2.24) is 4.98 Å². The van der Waals surface area contributed by atoms with Crippen LogP contribution >= 0.6 is 0 Å². The molecule has 0 bridgehead atoms. The van der Waals surface area contributed by atoms with Gasteiger partial charge in [0.25, 0.3) is 5.91 Å². The Bertz CT molecular complexity index is 628. The average molecular weight is 273 g/mol. The number of carbonyl (C=O) groups excluding carboxylic acids is 1. The Hall–Kier alpha value is -2.43. The lowest BCUT2D eigenvalue weighted by Gasteiger charge is -2.09. The van der Waals surface area contributed by atoms with Gasteiger partial charge in [-0.2, -0.15) is 0 Å². The zero-order chi connectivity index (χ0) is 14.5. The number of hydrogen-bond acceptors (Lipinski definition) is 3. The van der Waals surface area contributed by atoms with Crippen molar-refractivity contribution < 1.29 is 9.18 Å². The fraction of sp³-hybridized carbons (Fsp3) is 0.200. The highest BCUT2D eigenvalue weighted by Gasteiger charge is 2.10. The Morgan fingerprint density at radius 1 is 1.35 bits per heavy atom. The van der Waals surface area contributed by atoms with Crippen molar-refractivity contribution in [1.29, 1.82) is 0 Å². The van der Waals surface area contributed by atoms with Gasteiger partial charge in [0.2, 0.25) is 0 Å². The summed E-state index contributed by atoms with van der Waals surface area (Å²) in [6.07, 6.45) is 1.56. The first-order chi connectivity index (χ1) is 9.61. The van der Waals surface area contributed by atoms with Crippen molar-refractivity contribution >= 4 is 17.4 Å². The molecule has 2 aromatic rings. The number of halogens is 1. The standard InChI is InChI=1S/C15H16FN3O/c1-3-17-14-9-11(7-8-18-14)15(20)19-13-6-4-5-12(16)10(13)2/h4-9H,3H2,1-2H3,(H,17,18)(H,19,20). The van der Waals surface area contributed by atoms with Gasteiger partial charge in [0.05, 0.1) is 0 Å². The van der Waals surface area contributed by atoms with Crippen LogP contribution in [0.5, 0.6) is 0 Å². The van der Waals surface area contributed by atoms with Crippen LogP contribution in [0.3, 0.4) is 0 Å². The molecule has 0 unspecified atom stereocenters. The van der Waals surface area contributed by atoms with E-state index < -0.39 is 0 Å². The molecule has 1 heterocycles. The van der Waals surface area contributed by atoms with Crippen LogP contribution < -0.4 is 10.6 Å². The van der Waals surface area contributed by atoms with Crippen molar-refractivity contribution in [2.45, 2.75) is 13.8 Å². The van der Waals surface area contributed by atoms with E-state index in [-0.39, 0.29) is 11.7 Å². The average Bonchev–Trinajstić information content (AvgIpc) is 2.44. The Balaban J connectivity index is 2.19. The number of nitrogens with zero attached hydrogens (tertiary/aromatic N) is 1. The molecule has 0 atom stereocenters. The molecular weight excluding hydrogens is 257 g/mol. The number of benzene rings is 1. The van der Waals surface area contributed by atoms with E-state index in [9.17, 15) is 9.18 Å². The normalized spacial score (nSPS) is 10.2. The highest BCUT2D eigenvalue weighted by molar-refractivity contribution is 6.05. The van der Waals surface area contributed by atoms with Crippen LogP contribution in [0.1, 0.15) is 22.8 Å². The lowest BCUT2D eigenvalue weighted by molar-refractivity contribution is 0.102. The SMILES string of the molecule is CCNc1cc(C(=O)Nc2cccc(F)c2C)ccn1. The summed E-state index contributed by atoms with van der Waals surface area (Å²) in [4.78, 5) is 16.2. The van der Waals surface area contributed by atoms with Crippen LogP contribution in [-0.4, -0.2) is 17.4 Å². The van der Waals surface area contributed by atoms with E-state index in [0.29, 0.717) is 22.6 Å². The van der Waals surface area contributed by atoms with Gasteiger partial charge in [0.1, 0.15) is 11.6 Å². The van der Waals surface area contributed by atoms with Gasteiger partial charge in [-0.25, -0.2) is 9.37 Å². The van der Waals surface area contributed by atoms with Crippen LogP contribution in [-0.2, 0) is 0 Å². The van der Waals surface area contributed by atoms with Crippen LogP contribution in [0, 0.1) is 12.7 Å². The van der Waals surface area contributed by atoms with E-state index in [4.69, 9.17) is 0 Å². The summed E-state index contributed by atoms with van der Waals surface area (Å²) < 4.78 is 13.4. The van der Waals surface area contributed by atoms with Crippen molar-refractivity contribution in [2.75, 3.05) is 17.2 Å². The molecule has 1 amide bonds. The number of rotatable bonds is 4. The third-order valence-corrected chi connectivity index (χ3v) is 2.90. The van der Waals surface area contributed by atoms with E-state index >= 15 is 0 Å². The first-order valence-electron chi connectivity index (χ1n) is 6.38. The molecule has 0 aliphatic heterocycles. The van der Waals surface area contributed by atoms with E-state index in [1.807, 2.05) is 6.92 Å². The predicted octanol–water partition coefficient (Wildman–Crippen LogP) is 3.21. The molecule has 0 radical (unpaired) electrons. The van der Waals surface area contributed by atoms with Crippen molar-refractivity contribution in [3.8, 4) is 0 Å². The number of pyridine rings is 1. The molecule has 0 saturated heterocycles. The third-order valence-electron chi connectivity index (χ3n) is 2.90. The number of nitrogens with one attached hydrogen (secondary N) is 2. The highest BCUT2D eigenvalue weighted by atomic mass is 19.1. The largest absolute Gasteiger partial charge is 0.370 e. The van der Waals surface area contributed by atoms with Crippen LogP contribution in [0.4, 0.5) is 15.9 Å². The maximum Gasteiger partial charge on any atom is 0.255 e. The number of hydrogen-bond donors (Lipinski definition) is 2. The van der Waals surface area contributed by atoms with Gasteiger partial charge in [0, 0.05) is 29.6 Å². The second-order valence-corrected chi connectivity index (χ2v) is 4.33. The summed E-state index contributed by atoms with van der Waals surface area (Å²) in [6, 6.07) is 7.87. The number of aromatic nitrogens is 1. The topological polar surface area (TPSA) is 54.0 Å². The van der Waals surface area contributed by atoms with Gasteiger partial charge in [0.15, 0.2) is 0 Å². The number of amides is 1. The highest BCUT2D eigenvalue weighted by Crippen LogP contribution is 2.18. The summed E-state index contributed by atoms with van der Waals surface area (Å²) >= 11 is 0. The maximum atomic E-state index is 13.4. The minimum atomic E-state index is -0.342. The molecular formula is C15H16FN3O. The molecule has 0 aliphatic rings. The van der Waals surface area contributed by atoms with E-state index in [1.165, 1.54) is 6.07 Å². The molecule has 1 aromatic carbocycles. The first kappa shape index (κ1) is 14.0. The second-order valence-electron chi connectivity index (χ2n) is 4.33. The first-order valence-corrected chi connectivity index (χ1v) is 6.38. The van der Waals surface area contributed by atoms with E-state index in [0.717, 1.165) is 6.54 Å². The molecule has 104 valence electrons. The van der Waals surface area contributed by atoms with Gasteiger partial charge in [-0.1, -0.05) is 6.07 Å². The monoisotopic (exact) mass is 273 g/mol. The molecule has 0 spiro atoms. The molecule has 2 N–H and O–H groups in total. The fourth-order valence-corrected chi connectivity index (χ4v) is 1.79. The summed E-state index contributed by atoms with van der Waals surface area (Å²) in [7, 11) is 0. The van der Waals surface area contributed by atoms with Crippen LogP contribution in [0.2, 0.25) is 0 Å². The van der Waals surface area contributed by atoms with Gasteiger partial charge in [-0.3, -0.25) is 4.79 Å². The summed E-state index contributed by atoms with van der Waals surface area (Å²) in [5.41, 5.74) is 1.36. The van der Waals surface area contributed by atoms with E-state index in [2.05, 4.69) is 15.6 Å². The van der Waals surface area contributed by atoms with Gasteiger partial charge >= 0.3 is 0 Å². The fourth-order valence-electron chi connectivity index (χ4n) is 1.79. The van der Waals surface area contributed by atoms with E-state index in [1.54, 1.807) is 37.4 Å². The Kier molecular flexibility index (Phi) is 4.30. The minimum Gasteiger partial charge on any atom is -0.370 e. The Morgan fingerprint density at radius 3 is 2.90 bits per heavy atom. The van der Waals surface area contributed by atoms with Gasteiger partial charge < -0.3 is 10.6 Å². The van der Waals surface area contributed by atoms with Crippen molar-refractivity contribution in [3.63, 3.8) is 0 Å². The zero-order valence-electron chi connectivity index (χ0n) is 11.4. The molecule has 0 fully saturated rings. The summed E-state index contributed by atoms with van der Waals surface area (Å²) in [6.45, 7) is 4.30. The minimum absolute atomic E-state index is 0.291. The number of anilines is 2. The molecule has 20 heavy (non-hydrogen) atoms. The third kappa shape index (κ3) is 3.12. The predicted molar refractivity (Wildman–Crippen MR) is 77.5 cm³/mol. The van der Waals surface area contributed by atoms with Crippen LogP contribution in [0.25, 0.3) is 0 Å². The molecule has 5 heteroatoms. The molecule has 0 aliphatic carbocycles. The Morgan fingerprint density at radius 2 is 2.15 bits per heavy atom. The quantitative estimate of drug-likeness (QED) is 0.899. The maximum absolute atomic E-state index is 13.4. The van der Waals surface area contributed by atoms with Crippen molar-refractivity contribution in [3.05, 3.63) is 53.5 Å². The molecule has 2 rings (SSSR count). The molecule has 1 aromatic heterocycles. The molecule has 4 nitrogen and oxygen atoms in total. The number of carbonyl (C=O) groups is 1. The second kappa shape index (κ2) is 6.14. The Labute approximate surface area is 117 Å². The molecule has 0 saturated carbocycles. The smallest absolute Gasteiger partial charge is 0.255 e. The van der Waals surface area contributed by atoms with Crippen LogP contribution in [0.15, 0.2) is 36.5 Å².